The maximum atomic E-state index is 13.4. The number of urea groups is 1. The maximum absolute atomic E-state index is 13.4. The Morgan fingerprint density at radius 3 is 2.19 bits per heavy atom. The second-order valence-electron chi connectivity index (χ2n) is 9.28. The number of nitrogens with zero attached hydrogens (tertiary/aromatic N) is 3. The number of hydrogen-bond donors (Lipinski definition) is 2. The van der Waals surface area contributed by atoms with Crippen LogP contribution >= 0.6 is 0 Å². The number of piperazine rings is 1. The minimum Gasteiger partial charge on any atom is -0.369 e. The third kappa shape index (κ3) is 5.20. The number of halogens is 6. The number of carbonyl (C=O) groups is 3. The van der Waals surface area contributed by atoms with E-state index in [9.17, 15) is 45.8 Å². The van der Waals surface area contributed by atoms with Crippen molar-refractivity contribution in [1.82, 2.24) is 15.1 Å². The fourth-order valence-electron chi connectivity index (χ4n) is 4.63. The molecule has 0 saturated carbocycles. The smallest absolute Gasteiger partial charge is 0.369 e. The summed E-state index contributed by atoms with van der Waals surface area (Å²) in [4.78, 5) is 40.7. The Balaban J connectivity index is 1.82. The molecule has 2 N–H and O–H groups in total. The summed E-state index contributed by atoms with van der Waals surface area (Å²) in [7, 11) is 0. The topological polar surface area (TPSA) is 93.2 Å². The Morgan fingerprint density at radius 1 is 1.08 bits per heavy atom. The van der Waals surface area contributed by atoms with Gasteiger partial charge in [-0.05, 0) is 31.9 Å². The van der Waals surface area contributed by atoms with Crippen LogP contribution in [0.5, 0.6) is 0 Å². The van der Waals surface area contributed by atoms with Crippen LogP contribution in [0.1, 0.15) is 38.3 Å². The lowest BCUT2D eigenvalue weighted by Gasteiger charge is -2.42. The standard InChI is InChI=1S/C23H28F6N4O4/c1-4-5-15-10-16(21(37,22(24,25)26)23(27,28)29)6-7-17(15)32-9-8-31(11-13(32)2)18(34)12-33-19(35)14(3)30-20(33)36/h6-7,10,13-14,37H,4-5,8-9,11-12H2,1-3H3,(H,30,36)/t13-,14?/m0/s1. The first-order chi connectivity index (χ1) is 17.0. The van der Waals surface area contributed by atoms with Crippen LogP contribution < -0.4 is 10.2 Å². The van der Waals surface area contributed by atoms with E-state index in [0.717, 1.165) is 17.0 Å². The van der Waals surface area contributed by atoms with Gasteiger partial charge in [0.05, 0.1) is 0 Å². The van der Waals surface area contributed by atoms with Crippen molar-refractivity contribution in [1.29, 1.82) is 0 Å². The third-order valence-electron chi connectivity index (χ3n) is 6.64. The highest BCUT2D eigenvalue weighted by Gasteiger charge is 2.71. The minimum atomic E-state index is -5.99. The van der Waals surface area contributed by atoms with Gasteiger partial charge < -0.3 is 20.2 Å². The second kappa shape index (κ2) is 10.0. The van der Waals surface area contributed by atoms with Gasteiger partial charge in [0.2, 0.25) is 5.91 Å². The molecule has 2 atom stereocenters. The molecule has 0 aromatic heterocycles. The lowest BCUT2D eigenvalue weighted by atomic mass is 9.89. The van der Waals surface area contributed by atoms with E-state index in [-0.39, 0.29) is 37.7 Å². The predicted molar refractivity (Wildman–Crippen MR) is 120 cm³/mol. The zero-order chi connectivity index (χ0) is 27.9. The van der Waals surface area contributed by atoms with Gasteiger partial charge in [-0.25, -0.2) is 4.79 Å². The van der Waals surface area contributed by atoms with Gasteiger partial charge >= 0.3 is 18.4 Å². The van der Waals surface area contributed by atoms with E-state index in [1.807, 2.05) is 0 Å². The van der Waals surface area contributed by atoms with Gasteiger partial charge in [0.15, 0.2) is 0 Å². The van der Waals surface area contributed by atoms with Gasteiger partial charge in [0.1, 0.15) is 12.6 Å². The van der Waals surface area contributed by atoms with E-state index in [2.05, 4.69) is 5.32 Å². The molecule has 2 heterocycles. The lowest BCUT2D eigenvalue weighted by Crippen LogP contribution is -2.56. The number of imide groups is 1. The summed E-state index contributed by atoms with van der Waals surface area (Å²) in [5, 5.41) is 12.2. The van der Waals surface area contributed by atoms with E-state index in [4.69, 9.17) is 0 Å². The van der Waals surface area contributed by atoms with Crippen molar-refractivity contribution >= 4 is 23.5 Å². The average Bonchev–Trinajstić information content (AvgIpc) is 3.03. The molecule has 206 valence electrons. The molecule has 0 bridgehead atoms. The van der Waals surface area contributed by atoms with E-state index in [1.54, 1.807) is 18.7 Å². The quantitative estimate of drug-likeness (QED) is 0.429. The number of anilines is 1. The molecule has 1 aromatic carbocycles. The van der Waals surface area contributed by atoms with Crippen LogP contribution in [-0.2, 0) is 21.6 Å². The largest absolute Gasteiger partial charge is 0.430 e. The number of rotatable bonds is 6. The highest BCUT2D eigenvalue weighted by atomic mass is 19.4. The molecular weight excluding hydrogens is 510 g/mol. The van der Waals surface area contributed by atoms with Gasteiger partial charge in [-0.2, -0.15) is 26.3 Å². The molecule has 1 unspecified atom stereocenters. The van der Waals surface area contributed by atoms with Crippen LogP contribution in [0.3, 0.4) is 0 Å². The molecule has 2 aliphatic rings. The van der Waals surface area contributed by atoms with Crippen molar-refractivity contribution in [3.05, 3.63) is 29.3 Å². The first-order valence-corrected chi connectivity index (χ1v) is 11.7. The number of benzene rings is 1. The fourth-order valence-corrected chi connectivity index (χ4v) is 4.63. The van der Waals surface area contributed by atoms with Gasteiger partial charge in [-0.3, -0.25) is 14.5 Å². The van der Waals surface area contributed by atoms with E-state index >= 15 is 0 Å². The van der Waals surface area contributed by atoms with Crippen molar-refractivity contribution < 1.29 is 45.8 Å². The molecule has 0 radical (unpaired) electrons. The summed E-state index contributed by atoms with van der Waals surface area (Å²) in [6.45, 7) is 5.03. The van der Waals surface area contributed by atoms with Crippen molar-refractivity contribution in [2.24, 2.45) is 0 Å². The summed E-state index contributed by atoms with van der Waals surface area (Å²) in [6.07, 6.45) is -11.4. The number of alkyl halides is 6. The number of amides is 4. The highest BCUT2D eigenvalue weighted by Crippen LogP contribution is 2.50. The fraction of sp³-hybridized carbons (Fsp3) is 0.609. The number of nitrogens with one attached hydrogen (secondary N) is 1. The average molecular weight is 538 g/mol. The zero-order valence-electron chi connectivity index (χ0n) is 20.4. The van der Waals surface area contributed by atoms with Gasteiger partial charge in [0.25, 0.3) is 11.5 Å². The Hall–Kier alpha value is -3.03. The van der Waals surface area contributed by atoms with E-state index < -0.39 is 53.9 Å². The minimum absolute atomic E-state index is 0.153. The van der Waals surface area contributed by atoms with Crippen molar-refractivity contribution in [2.75, 3.05) is 31.1 Å². The first kappa shape index (κ1) is 28.5. The lowest BCUT2D eigenvalue weighted by molar-refractivity contribution is -0.376. The summed E-state index contributed by atoms with van der Waals surface area (Å²) in [5.41, 5.74) is -5.73. The van der Waals surface area contributed by atoms with Crippen LogP contribution in [0.4, 0.5) is 36.8 Å². The number of hydrogen-bond acceptors (Lipinski definition) is 5. The molecule has 1 aromatic rings. The van der Waals surface area contributed by atoms with E-state index in [0.29, 0.717) is 18.2 Å². The first-order valence-electron chi connectivity index (χ1n) is 11.7. The molecule has 0 aliphatic carbocycles. The Labute approximate surface area is 209 Å². The normalized spacial score (nSPS) is 21.5. The molecule has 8 nitrogen and oxygen atoms in total. The third-order valence-corrected chi connectivity index (χ3v) is 6.64. The molecule has 0 spiro atoms. The van der Waals surface area contributed by atoms with Gasteiger partial charge in [-0.1, -0.05) is 25.5 Å². The van der Waals surface area contributed by atoms with Crippen molar-refractivity contribution in [3.8, 4) is 0 Å². The number of aryl methyl sites for hydroxylation is 1. The Morgan fingerprint density at radius 2 is 1.70 bits per heavy atom. The molecule has 3 rings (SSSR count). The molecular formula is C23H28F6N4O4. The van der Waals surface area contributed by atoms with Crippen LogP contribution in [0.25, 0.3) is 0 Å². The maximum Gasteiger partial charge on any atom is 0.430 e. The second-order valence-corrected chi connectivity index (χ2v) is 9.28. The zero-order valence-corrected chi connectivity index (χ0v) is 20.4. The summed E-state index contributed by atoms with van der Waals surface area (Å²) < 4.78 is 80.3. The Bertz CT molecular complexity index is 1050. The van der Waals surface area contributed by atoms with Crippen LogP contribution in [-0.4, -0.2) is 83.4 Å². The van der Waals surface area contributed by atoms with Crippen molar-refractivity contribution in [2.45, 2.75) is 63.7 Å². The molecule has 37 heavy (non-hydrogen) atoms. The molecule has 4 amide bonds. The van der Waals surface area contributed by atoms with Crippen molar-refractivity contribution in [3.63, 3.8) is 0 Å². The summed E-state index contributed by atoms with van der Waals surface area (Å²) >= 11 is 0. The summed E-state index contributed by atoms with van der Waals surface area (Å²) in [6, 6.07) is 0.709. The van der Waals surface area contributed by atoms with Gasteiger partial charge in [0, 0.05) is 36.9 Å². The number of aliphatic hydroxyl groups is 1. The van der Waals surface area contributed by atoms with Gasteiger partial charge in [-0.15, -0.1) is 0 Å². The van der Waals surface area contributed by atoms with Crippen LogP contribution in [0, 0.1) is 0 Å². The summed E-state index contributed by atoms with van der Waals surface area (Å²) in [5.74, 6) is -0.986. The molecule has 2 fully saturated rings. The predicted octanol–water partition coefficient (Wildman–Crippen LogP) is 2.93. The van der Waals surface area contributed by atoms with Crippen LogP contribution in [0.15, 0.2) is 18.2 Å². The highest BCUT2D eigenvalue weighted by molar-refractivity contribution is 6.06. The monoisotopic (exact) mass is 538 g/mol. The SMILES string of the molecule is CCCc1cc(C(O)(C(F)(F)F)C(F)(F)F)ccc1N1CCN(C(=O)CN2C(=O)NC(C)C2=O)C[C@@H]1C. The molecule has 2 aliphatic heterocycles. The van der Waals surface area contributed by atoms with E-state index in [1.165, 1.54) is 11.8 Å². The molecule has 14 heteroatoms. The molecule has 2 saturated heterocycles. The Kier molecular flexibility index (Phi) is 7.73. The number of carbonyl (C=O) groups excluding carboxylic acids is 3. The van der Waals surface area contributed by atoms with Crippen LogP contribution in [0.2, 0.25) is 0 Å².